The maximum Gasteiger partial charge on any atom is -0.0132 e. The lowest BCUT2D eigenvalue weighted by Gasteiger charge is -2.21. The molecule has 0 saturated heterocycles. The zero-order valence-corrected chi connectivity index (χ0v) is 30.8. The highest BCUT2D eigenvalue weighted by Crippen LogP contribution is 2.33. The summed E-state index contributed by atoms with van der Waals surface area (Å²) in [6.45, 7) is 27.3. The number of benzene rings is 4. The first-order valence-corrected chi connectivity index (χ1v) is 17.2. The Balaban J connectivity index is 1.71. The summed E-state index contributed by atoms with van der Waals surface area (Å²) in [7, 11) is 0. The average molecular weight is 611 g/mol. The zero-order valence-electron chi connectivity index (χ0n) is 30.8. The van der Waals surface area contributed by atoms with E-state index >= 15 is 0 Å². The summed E-state index contributed by atoms with van der Waals surface area (Å²) in [6, 6.07) is 36.8. The third kappa shape index (κ3) is 9.00. The highest BCUT2D eigenvalue weighted by atomic mass is 14.2. The van der Waals surface area contributed by atoms with Crippen LogP contribution in [0.25, 0.3) is 11.1 Å². The second-order valence-electron chi connectivity index (χ2n) is 17.1. The minimum Gasteiger partial charge on any atom is -0.0757 e. The van der Waals surface area contributed by atoms with Crippen molar-refractivity contribution in [3.05, 3.63) is 154 Å². The molecule has 0 radical (unpaired) electrons. The first-order chi connectivity index (χ1) is 21.3. The van der Waals surface area contributed by atoms with E-state index in [0.29, 0.717) is 0 Å². The second kappa shape index (κ2) is 13.6. The van der Waals surface area contributed by atoms with Crippen LogP contribution in [0, 0.1) is 0 Å². The van der Waals surface area contributed by atoms with E-state index < -0.39 is 0 Å². The summed E-state index contributed by atoms with van der Waals surface area (Å²) in [5.41, 5.74) is 13.7. The molecule has 46 heavy (non-hydrogen) atoms. The summed E-state index contributed by atoms with van der Waals surface area (Å²) < 4.78 is 0. The maximum absolute atomic E-state index is 2.44. The first-order valence-electron chi connectivity index (χ1n) is 17.2. The van der Waals surface area contributed by atoms with Crippen molar-refractivity contribution in [3.63, 3.8) is 0 Å². The van der Waals surface area contributed by atoms with Gasteiger partial charge in [-0.1, -0.05) is 192 Å². The Morgan fingerprint density at radius 1 is 0.326 bits per heavy atom. The molecule has 0 saturated carbocycles. The molecule has 0 aliphatic rings. The Bertz CT molecular complexity index is 1380. The number of allylic oxidation sites excluding steroid dienone is 2. The van der Waals surface area contributed by atoms with Gasteiger partial charge in [0, 0.05) is 0 Å². The largest absolute Gasteiger partial charge is 0.0757 e. The molecule has 0 N–H and O–H groups in total. The van der Waals surface area contributed by atoms with Gasteiger partial charge in [0.1, 0.15) is 0 Å². The van der Waals surface area contributed by atoms with E-state index in [9.17, 15) is 0 Å². The van der Waals surface area contributed by atoms with Gasteiger partial charge in [0.25, 0.3) is 0 Å². The molecule has 0 aromatic heterocycles. The van der Waals surface area contributed by atoms with Gasteiger partial charge in [0.05, 0.1) is 0 Å². The van der Waals surface area contributed by atoms with Crippen LogP contribution in [-0.2, 0) is 21.7 Å². The van der Waals surface area contributed by atoms with E-state index in [0.717, 1.165) is 12.8 Å². The Hall–Kier alpha value is -3.64. The molecule has 0 heteroatoms. The van der Waals surface area contributed by atoms with Crippen molar-refractivity contribution in [2.75, 3.05) is 0 Å². The van der Waals surface area contributed by atoms with E-state index in [-0.39, 0.29) is 21.7 Å². The van der Waals surface area contributed by atoms with Crippen molar-refractivity contribution in [2.24, 2.45) is 0 Å². The molecule has 0 heterocycles. The topological polar surface area (TPSA) is 0 Å². The van der Waals surface area contributed by atoms with E-state index in [1.165, 1.54) is 55.7 Å². The SMILES string of the molecule is CC(C)(C)c1ccc(C(=CCCC=C(c2ccc(C(C)(C)C)cc2)c2ccc(C(C)(C)C)cc2)c2ccc(C(C)(C)C)cc2)cc1. The summed E-state index contributed by atoms with van der Waals surface area (Å²) in [5, 5.41) is 0. The predicted octanol–water partition coefficient (Wildman–Crippen LogP) is 13.2. The normalized spacial score (nSPS) is 12.5. The summed E-state index contributed by atoms with van der Waals surface area (Å²) >= 11 is 0. The van der Waals surface area contributed by atoms with Gasteiger partial charge in [-0.25, -0.2) is 0 Å². The molecule has 0 nitrogen and oxygen atoms in total. The van der Waals surface area contributed by atoms with Gasteiger partial charge < -0.3 is 0 Å². The first kappa shape index (κ1) is 35.2. The Morgan fingerprint density at radius 3 is 0.652 bits per heavy atom. The van der Waals surface area contributed by atoms with E-state index in [1.807, 2.05) is 0 Å². The third-order valence-electron chi connectivity index (χ3n) is 9.11. The maximum atomic E-state index is 2.44. The minimum atomic E-state index is 0.133. The molecule has 0 aliphatic heterocycles. The molecular weight excluding hydrogens is 553 g/mol. The number of hydrogen-bond donors (Lipinski definition) is 0. The van der Waals surface area contributed by atoms with Crippen molar-refractivity contribution in [3.8, 4) is 0 Å². The van der Waals surface area contributed by atoms with E-state index in [2.05, 4.69) is 192 Å². The molecule has 0 fully saturated rings. The van der Waals surface area contributed by atoms with Crippen molar-refractivity contribution in [2.45, 2.75) is 118 Å². The van der Waals surface area contributed by atoms with Crippen molar-refractivity contribution in [1.29, 1.82) is 0 Å². The fourth-order valence-corrected chi connectivity index (χ4v) is 5.86. The standard InChI is InChI=1S/C46H58/c1-43(2,3)37-25-17-33(18-26-37)41(34-19-27-38(28-20-34)44(4,5)6)15-13-14-16-42(35-21-29-39(30-22-35)45(7,8)9)36-23-31-40(32-24-36)46(10,11)12/h15-32H,13-14H2,1-12H3. The minimum absolute atomic E-state index is 0.133. The number of unbranched alkanes of at least 4 members (excludes halogenated alkanes) is 1. The molecule has 0 amide bonds. The van der Waals surface area contributed by atoms with Crippen LogP contribution < -0.4 is 0 Å². The van der Waals surface area contributed by atoms with Crippen LogP contribution >= 0.6 is 0 Å². The number of hydrogen-bond acceptors (Lipinski definition) is 0. The lowest BCUT2D eigenvalue weighted by molar-refractivity contribution is 0.590. The molecule has 4 aromatic rings. The van der Waals surface area contributed by atoms with Gasteiger partial charge in [-0.15, -0.1) is 0 Å². The molecule has 0 unspecified atom stereocenters. The molecule has 242 valence electrons. The van der Waals surface area contributed by atoms with Crippen LogP contribution in [0.3, 0.4) is 0 Å². The fraction of sp³-hybridized carbons (Fsp3) is 0.391. The number of rotatable bonds is 7. The molecule has 4 aromatic carbocycles. The lowest BCUT2D eigenvalue weighted by Crippen LogP contribution is -2.11. The Labute approximate surface area is 281 Å². The molecular formula is C46H58. The monoisotopic (exact) mass is 610 g/mol. The summed E-state index contributed by atoms with van der Waals surface area (Å²) in [5.74, 6) is 0. The predicted molar refractivity (Wildman–Crippen MR) is 204 cm³/mol. The Morgan fingerprint density at radius 2 is 0.500 bits per heavy atom. The Kier molecular flexibility index (Phi) is 10.4. The third-order valence-corrected chi connectivity index (χ3v) is 9.11. The van der Waals surface area contributed by atoms with Gasteiger partial charge in [0.2, 0.25) is 0 Å². The van der Waals surface area contributed by atoms with Crippen molar-refractivity contribution in [1.82, 2.24) is 0 Å². The van der Waals surface area contributed by atoms with Gasteiger partial charge >= 0.3 is 0 Å². The molecule has 0 atom stereocenters. The molecule has 0 spiro atoms. The smallest absolute Gasteiger partial charge is 0.0132 e. The van der Waals surface area contributed by atoms with Crippen LogP contribution in [0.4, 0.5) is 0 Å². The summed E-state index contributed by atoms with van der Waals surface area (Å²) in [4.78, 5) is 0. The van der Waals surface area contributed by atoms with E-state index in [4.69, 9.17) is 0 Å². The van der Waals surface area contributed by atoms with Crippen molar-refractivity contribution < 1.29 is 0 Å². The van der Waals surface area contributed by atoms with E-state index in [1.54, 1.807) is 0 Å². The van der Waals surface area contributed by atoms with Gasteiger partial charge in [-0.2, -0.15) is 0 Å². The highest BCUT2D eigenvalue weighted by Gasteiger charge is 2.18. The van der Waals surface area contributed by atoms with Crippen LogP contribution in [0.5, 0.6) is 0 Å². The van der Waals surface area contributed by atoms with Crippen LogP contribution in [0.15, 0.2) is 109 Å². The zero-order chi connectivity index (χ0) is 33.9. The summed E-state index contributed by atoms with van der Waals surface area (Å²) in [6.07, 6.45) is 6.80. The van der Waals surface area contributed by atoms with Gasteiger partial charge in [-0.05, 0) is 90.2 Å². The van der Waals surface area contributed by atoms with Crippen LogP contribution in [0.1, 0.15) is 140 Å². The van der Waals surface area contributed by atoms with Crippen molar-refractivity contribution >= 4 is 11.1 Å². The molecule has 4 rings (SSSR count). The van der Waals surface area contributed by atoms with Gasteiger partial charge in [-0.3, -0.25) is 0 Å². The van der Waals surface area contributed by atoms with Crippen LogP contribution in [-0.4, -0.2) is 0 Å². The molecule has 0 bridgehead atoms. The fourth-order valence-electron chi connectivity index (χ4n) is 5.86. The average Bonchev–Trinajstić information content (AvgIpc) is 2.98. The molecule has 0 aliphatic carbocycles. The van der Waals surface area contributed by atoms with Crippen LogP contribution in [0.2, 0.25) is 0 Å². The quantitative estimate of drug-likeness (QED) is 0.183. The lowest BCUT2D eigenvalue weighted by atomic mass is 9.84. The highest BCUT2D eigenvalue weighted by molar-refractivity contribution is 5.81. The van der Waals surface area contributed by atoms with Gasteiger partial charge in [0.15, 0.2) is 0 Å². The second-order valence-corrected chi connectivity index (χ2v) is 17.1.